The van der Waals surface area contributed by atoms with Crippen molar-refractivity contribution >= 4 is 74.2 Å². The van der Waals surface area contributed by atoms with Crippen LogP contribution in [0.1, 0.15) is 137 Å². The van der Waals surface area contributed by atoms with Gasteiger partial charge < -0.3 is 35.8 Å². The summed E-state index contributed by atoms with van der Waals surface area (Å²) in [5.41, 5.74) is 3.34. The Morgan fingerprint density at radius 3 is 1.15 bits per heavy atom. The fraction of sp³-hybridized carbons (Fsp3) is 0.375. The first-order chi connectivity index (χ1) is 39.2. The van der Waals surface area contributed by atoms with Gasteiger partial charge in [0.25, 0.3) is 11.8 Å². The van der Waals surface area contributed by atoms with Crippen LogP contribution >= 0.6 is 38.6 Å². The van der Waals surface area contributed by atoms with E-state index in [2.05, 4.69) is 98.7 Å². The van der Waals surface area contributed by atoms with Crippen LogP contribution in [0.4, 0.5) is 0 Å². The maximum absolute atomic E-state index is 13.5. The number of amides is 4. The van der Waals surface area contributed by atoms with Crippen LogP contribution in [-0.4, -0.2) is 96.0 Å². The number of halogens is 1. The Labute approximate surface area is 508 Å². The summed E-state index contributed by atoms with van der Waals surface area (Å²) in [6.07, 6.45) is 7.20. The summed E-state index contributed by atoms with van der Waals surface area (Å²) in [4.78, 5) is 99.0. The Balaban J connectivity index is 0.000000272. The molecule has 4 aromatic heterocycles. The van der Waals surface area contributed by atoms with Crippen LogP contribution in [-0.2, 0) is 52.3 Å². The smallest absolute Gasteiger partial charge is 0.328 e. The maximum atomic E-state index is 13.5. The molecule has 4 atom stereocenters. The fourth-order valence-corrected chi connectivity index (χ4v) is 10.1. The third-order valence-corrected chi connectivity index (χ3v) is 15.8. The van der Waals surface area contributed by atoms with E-state index in [0.717, 1.165) is 47.6 Å². The number of phenols is 1. The van der Waals surface area contributed by atoms with E-state index in [-0.39, 0.29) is 41.2 Å². The molecule has 17 nitrogen and oxygen atoms in total. The molecule has 84 heavy (non-hydrogen) atoms. The van der Waals surface area contributed by atoms with Crippen LogP contribution in [0.15, 0.2) is 126 Å². The number of ether oxygens (including phenoxy) is 2. The Hall–Kier alpha value is -7.68. The van der Waals surface area contributed by atoms with Crippen LogP contribution in [0.5, 0.6) is 5.75 Å². The predicted molar refractivity (Wildman–Crippen MR) is 333 cm³/mol. The van der Waals surface area contributed by atoms with Gasteiger partial charge in [0.1, 0.15) is 41.1 Å². The fourth-order valence-electron chi connectivity index (χ4n) is 7.92. The van der Waals surface area contributed by atoms with E-state index in [1.54, 1.807) is 117 Å². The molecule has 0 saturated carbocycles. The zero-order valence-electron chi connectivity index (χ0n) is 50.0. The summed E-state index contributed by atoms with van der Waals surface area (Å²) < 4.78 is 11.6. The van der Waals surface area contributed by atoms with Crippen LogP contribution in [0.3, 0.4) is 0 Å². The molecule has 0 aliphatic rings. The van der Waals surface area contributed by atoms with E-state index >= 15 is 0 Å². The van der Waals surface area contributed by atoms with Crippen molar-refractivity contribution in [1.29, 1.82) is 0 Å². The van der Waals surface area contributed by atoms with E-state index in [1.807, 2.05) is 60.7 Å². The standard InChI is InChI=1S/C35H40N4O5S.C29H35BrN4O4S/c1-21(33(43)44-35(5,6)7)38-31(41)27(39-32(42)28-16-17-29(45-28)34(2,3)4)18-22-8-10-24(11-9-22)30-36-19-25(20-37-30)23-12-14-26(40)15-13-23;1-17(27(37)38-29(5,6)7)33-25(35)21(34-26(36)22-12-13-23(39-22)28(2,3)4)14-18-8-10-19(11-9-18)24-31-15-20(30)16-32-24/h8-17,19-21,27,40H,18H2,1-7H3,(H,38,41)(H,39,42);8-13,15-17,21H,14H2,1-7H3,(H,33,35)(H,34,36)/t21-,27+;17-,21+/m11/s1. The number of nitrogens with zero attached hydrogens (tertiary/aromatic N) is 4. The first kappa shape index (κ1) is 65.5. The topological polar surface area (TPSA) is 241 Å². The quantitative estimate of drug-likeness (QED) is 0.0534. The second-order valence-corrected chi connectivity index (χ2v) is 27.4. The Kier molecular flexibility index (Phi) is 21.7. The highest BCUT2D eigenvalue weighted by molar-refractivity contribution is 9.10. The zero-order valence-corrected chi connectivity index (χ0v) is 53.2. The van der Waals surface area contributed by atoms with Crippen molar-refractivity contribution in [3.8, 4) is 39.7 Å². The molecule has 0 bridgehead atoms. The molecule has 0 radical (unpaired) electrons. The number of hydrogen-bond acceptors (Lipinski definition) is 15. The Bertz CT molecular complexity index is 3390. The molecule has 0 aliphatic heterocycles. The summed E-state index contributed by atoms with van der Waals surface area (Å²) in [7, 11) is 0. The maximum Gasteiger partial charge on any atom is 0.328 e. The second kappa shape index (κ2) is 27.8. The van der Waals surface area contributed by atoms with Crippen LogP contribution in [0, 0.1) is 0 Å². The average Bonchev–Trinajstić information content (AvgIpc) is 4.33. The number of benzene rings is 3. The van der Waals surface area contributed by atoms with Crippen molar-refractivity contribution in [2.24, 2.45) is 0 Å². The van der Waals surface area contributed by atoms with Crippen molar-refractivity contribution in [2.75, 3.05) is 0 Å². The third-order valence-electron chi connectivity index (χ3n) is 12.4. The molecule has 0 spiro atoms. The lowest BCUT2D eigenvalue weighted by atomic mass is 9.95. The van der Waals surface area contributed by atoms with Crippen molar-refractivity contribution in [2.45, 2.75) is 156 Å². The minimum absolute atomic E-state index is 0.0941. The lowest BCUT2D eigenvalue weighted by Crippen LogP contribution is -2.52. The van der Waals surface area contributed by atoms with Crippen LogP contribution < -0.4 is 21.3 Å². The molecule has 7 rings (SSSR count). The van der Waals surface area contributed by atoms with Crippen LogP contribution in [0.2, 0.25) is 0 Å². The molecule has 444 valence electrons. The van der Waals surface area contributed by atoms with E-state index in [1.165, 1.54) is 22.7 Å². The van der Waals surface area contributed by atoms with Gasteiger partial charge in [-0.05, 0) is 135 Å². The first-order valence-electron chi connectivity index (χ1n) is 27.4. The van der Waals surface area contributed by atoms with Gasteiger partial charge in [-0.1, -0.05) is 102 Å². The number of hydrogen-bond donors (Lipinski definition) is 5. The first-order valence-corrected chi connectivity index (χ1v) is 29.8. The van der Waals surface area contributed by atoms with Gasteiger partial charge in [-0.25, -0.2) is 29.5 Å². The summed E-state index contributed by atoms with van der Waals surface area (Å²) in [5, 5.41) is 20.7. The molecule has 0 saturated heterocycles. The monoisotopic (exact) mass is 1240 g/mol. The minimum atomic E-state index is -0.950. The van der Waals surface area contributed by atoms with E-state index in [0.29, 0.717) is 21.4 Å². The number of carbonyl (C=O) groups is 6. The van der Waals surface area contributed by atoms with Crippen molar-refractivity contribution in [1.82, 2.24) is 41.2 Å². The van der Waals surface area contributed by atoms with Crippen molar-refractivity contribution < 1.29 is 43.3 Å². The van der Waals surface area contributed by atoms with Crippen molar-refractivity contribution in [3.05, 3.63) is 157 Å². The van der Waals surface area contributed by atoms with Gasteiger partial charge in [0.15, 0.2) is 11.6 Å². The largest absolute Gasteiger partial charge is 0.508 e. The number of esters is 2. The number of thiophene rings is 2. The van der Waals surface area contributed by atoms with Gasteiger partial charge in [0, 0.05) is 64.1 Å². The van der Waals surface area contributed by atoms with Gasteiger partial charge in [-0.2, -0.15) is 0 Å². The molecule has 20 heteroatoms. The average molecular weight is 1240 g/mol. The van der Waals surface area contributed by atoms with Crippen LogP contribution in [0.25, 0.3) is 33.9 Å². The number of aromatic hydroxyl groups is 1. The molecule has 0 unspecified atom stereocenters. The molecule has 3 aromatic carbocycles. The SMILES string of the molecule is C[C@@H](NC(=O)[C@H](Cc1ccc(-c2ncc(-c3ccc(O)cc3)cn2)cc1)NC(=O)c1ccc(C(C)(C)C)s1)C(=O)OC(C)(C)C.C[C@@H](NC(=O)[C@H](Cc1ccc(-c2ncc(Br)cn2)cc1)NC(=O)c1ccc(C(C)(C)C)s1)C(=O)OC(C)(C)C. The molecule has 4 amide bonds. The molecule has 7 aromatic rings. The molecule has 5 N–H and O–H groups in total. The normalized spacial score (nSPS) is 13.2. The highest BCUT2D eigenvalue weighted by atomic mass is 79.9. The van der Waals surface area contributed by atoms with Gasteiger partial charge in [-0.15, -0.1) is 22.7 Å². The molecular weight excluding hydrogens is 1170 g/mol. The zero-order chi connectivity index (χ0) is 61.9. The second-order valence-electron chi connectivity index (χ2n) is 24.3. The highest BCUT2D eigenvalue weighted by Gasteiger charge is 2.31. The lowest BCUT2D eigenvalue weighted by molar-refractivity contribution is -0.158. The van der Waals surface area contributed by atoms with E-state index in [4.69, 9.17) is 9.47 Å². The summed E-state index contributed by atoms with van der Waals surface area (Å²) in [6, 6.07) is 25.5. The van der Waals surface area contributed by atoms with Gasteiger partial charge in [0.2, 0.25) is 11.8 Å². The highest BCUT2D eigenvalue weighted by Crippen LogP contribution is 2.31. The van der Waals surface area contributed by atoms with E-state index in [9.17, 15) is 33.9 Å². The molecular formula is C64H75BrN8O9S2. The van der Waals surface area contributed by atoms with Crippen molar-refractivity contribution in [3.63, 3.8) is 0 Å². The molecule has 0 fully saturated rings. The number of carbonyl (C=O) groups excluding carboxylic acids is 6. The van der Waals surface area contributed by atoms with Gasteiger partial charge in [-0.3, -0.25) is 19.2 Å². The number of nitrogens with one attached hydrogen (secondary N) is 4. The van der Waals surface area contributed by atoms with E-state index < -0.39 is 59.1 Å². The summed E-state index contributed by atoms with van der Waals surface area (Å²) >= 11 is 6.12. The Morgan fingerprint density at radius 2 is 0.821 bits per heavy atom. The molecule has 4 heterocycles. The number of aromatic nitrogens is 4. The summed E-state index contributed by atoms with van der Waals surface area (Å²) in [6.45, 7) is 26.2. The number of phenolic OH excluding ortho intramolecular Hbond substituents is 1. The van der Waals surface area contributed by atoms with Gasteiger partial charge >= 0.3 is 11.9 Å². The minimum Gasteiger partial charge on any atom is -0.508 e. The summed E-state index contributed by atoms with van der Waals surface area (Å²) in [5.74, 6) is -1.49. The Morgan fingerprint density at radius 1 is 0.476 bits per heavy atom. The third kappa shape index (κ3) is 19.7. The number of rotatable bonds is 17. The predicted octanol–water partition coefficient (Wildman–Crippen LogP) is 11.5. The van der Waals surface area contributed by atoms with Gasteiger partial charge in [0.05, 0.1) is 14.2 Å². The molecule has 0 aliphatic carbocycles. The lowest BCUT2D eigenvalue weighted by Gasteiger charge is -2.24.